The first kappa shape index (κ1) is 13.3. The molecule has 0 spiro atoms. The number of amides is 1. The van der Waals surface area contributed by atoms with Crippen molar-refractivity contribution in [2.75, 3.05) is 11.4 Å². The van der Waals surface area contributed by atoms with Gasteiger partial charge in [0, 0.05) is 22.7 Å². The van der Waals surface area contributed by atoms with Crippen LogP contribution in [0.4, 0.5) is 5.69 Å². The number of nitrogens with zero attached hydrogens (tertiary/aromatic N) is 1. The van der Waals surface area contributed by atoms with Gasteiger partial charge in [-0.15, -0.1) is 12.6 Å². The Bertz CT molecular complexity index is 621. The van der Waals surface area contributed by atoms with Crippen molar-refractivity contribution >= 4 is 24.2 Å². The number of aryl methyl sites for hydroxylation is 1. The zero-order chi connectivity index (χ0) is 13.9. The lowest BCUT2D eigenvalue weighted by Gasteiger charge is -2.23. The van der Waals surface area contributed by atoms with Gasteiger partial charge < -0.3 is 4.90 Å². The minimum absolute atomic E-state index is 0.0766. The van der Waals surface area contributed by atoms with E-state index < -0.39 is 0 Å². The fourth-order valence-electron chi connectivity index (χ4n) is 2.66. The van der Waals surface area contributed by atoms with Crippen LogP contribution in [0.1, 0.15) is 28.8 Å². The third-order valence-electron chi connectivity index (χ3n) is 3.72. The smallest absolute Gasteiger partial charge is 0.258 e. The number of benzene rings is 2. The SMILES string of the molecule is O=C(c1ccc(S)cc1)N1CCCCc2ccccc21. The van der Waals surface area contributed by atoms with Gasteiger partial charge >= 0.3 is 0 Å². The molecule has 0 saturated heterocycles. The fourth-order valence-corrected chi connectivity index (χ4v) is 2.81. The molecule has 0 atom stereocenters. The van der Waals surface area contributed by atoms with Gasteiger partial charge in [-0.05, 0) is 55.2 Å². The van der Waals surface area contributed by atoms with Crippen molar-refractivity contribution in [3.8, 4) is 0 Å². The van der Waals surface area contributed by atoms with Crippen LogP contribution in [0.25, 0.3) is 0 Å². The van der Waals surface area contributed by atoms with Crippen LogP contribution >= 0.6 is 12.6 Å². The van der Waals surface area contributed by atoms with Crippen LogP contribution in [0.15, 0.2) is 53.4 Å². The van der Waals surface area contributed by atoms with Gasteiger partial charge in [-0.1, -0.05) is 18.2 Å². The molecule has 1 aliphatic rings. The predicted molar refractivity (Wildman–Crippen MR) is 84.8 cm³/mol. The Morgan fingerprint density at radius 3 is 2.55 bits per heavy atom. The average Bonchev–Trinajstić information content (AvgIpc) is 2.69. The highest BCUT2D eigenvalue weighted by molar-refractivity contribution is 7.80. The molecular formula is C17H17NOS. The summed E-state index contributed by atoms with van der Waals surface area (Å²) in [5, 5.41) is 0. The molecule has 0 saturated carbocycles. The van der Waals surface area contributed by atoms with Crippen LogP contribution in [0.5, 0.6) is 0 Å². The van der Waals surface area contributed by atoms with E-state index in [1.54, 1.807) is 0 Å². The Hall–Kier alpha value is -1.74. The number of carbonyl (C=O) groups is 1. The third-order valence-corrected chi connectivity index (χ3v) is 4.02. The van der Waals surface area contributed by atoms with Crippen molar-refractivity contribution in [3.63, 3.8) is 0 Å². The van der Waals surface area contributed by atoms with Gasteiger partial charge in [0.05, 0.1) is 0 Å². The second-order valence-electron chi connectivity index (χ2n) is 5.09. The summed E-state index contributed by atoms with van der Waals surface area (Å²) in [5.74, 6) is 0.0766. The van der Waals surface area contributed by atoms with Gasteiger partial charge in [-0.2, -0.15) is 0 Å². The second kappa shape index (κ2) is 5.71. The number of para-hydroxylation sites is 1. The average molecular weight is 283 g/mol. The Labute approximate surface area is 124 Å². The van der Waals surface area contributed by atoms with Crippen molar-refractivity contribution in [3.05, 3.63) is 59.7 Å². The minimum Gasteiger partial charge on any atom is -0.308 e. The van der Waals surface area contributed by atoms with E-state index in [9.17, 15) is 4.79 Å². The van der Waals surface area contributed by atoms with Gasteiger partial charge in [0.1, 0.15) is 0 Å². The molecule has 2 nitrogen and oxygen atoms in total. The maximum Gasteiger partial charge on any atom is 0.258 e. The monoisotopic (exact) mass is 283 g/mol. The van der Waals surface area contributed by atoms with E-state index in [0.717, 1.165) is 42.0 Å². The third kappa shape index (κ3) is 2.59. The number of hydrogen-bond donors (Lipinski definition) is 1. The second-order valence-corrected chi connectivity index (χ2v) is 5.61. The number of carbonyl (C=O) groups excluding carboxylic acids is 1. The van der Waals surface area contributed by atoms with Crippen molar-refractivity contribution in [2.24, 2.45) is 0 Å². The maximum absolute atomic E-state index is 12.7. The number of rotatable bonds is 1. The summed E-state index contributed by atoms with van der Waals surface area (Å²) >= 11 is 4.26. The molecule has 0 unspecified atom stereocenters. The lowest BCUT2D eigenvalue weighted by Crippen LogP contribution is -2.31. The molecular weight excluding hydrogens is 266 g/mol. The van der Waals surface area contributed by atoms with Gasteiger partial charge in [0.25, 0.3) is 5.91 Å². The number of fused-ring (bicyclic) bond motifs is 1. The van der Waals surface area contributed by atoms with Crippen LogP contribution in [-0.4, -0.2) is 12.5 Å². The maximum atomic E-state index is 12.7. The zero-order valence-electron chi connectivity index (χ0n) is 11.2. The van der Waals surface area contributed by atoms with E-state index >= 15 is 0 Å². The molecule has 102 valence electrons. The summed E-state index contributed by atoms with van der Waals surface area (Å²) in [4.78, 5) is 15.5. The van der Waals surface area contributed by atoms with Crippen LogP contribution < -0.4 is 4.90 Å². The molecule has 20 heavy (non-hydrogen) atoms. The molecule has 0 N–H and O–H groups in total. The zero-order valence-corrected chi connectivity index (χ0v) is 12.1. The fraction of sp³-hybridized carbons (Fsp3) is 0.235. The highest BCUT2D eigenvalue weighted by Gasteiger charge is 2.21. The van der Waals surface area contributed by atoms with Crippen molar-refractivity contribution in [1.82, 2.24) is 0 Å². The quantitative estimate of drug-likeness (QED) is 0.786. The Morgan fingerprint density at radius 2 is 1.75 bits per heavy atom. The van der Waals surface area contributed by atoms with Crippen molar-refractivity contribution in [1.29, 1.82) is 0 Å². The summed E-state index contributed by atoms with van der Waals surface area (Å²) in [7, 11) is 0. The van der Waals surface area contributed by atoms with Crippen LogP contribution in [-0.2, 0) is 6.42 Å². The molecule has 2 aromatic rings. The van der Waals surface area contributed by atoms with Crippen LogP contribution in [0.3, 0.4) is 0 Å². The highest BCUT2D eigenvalue weighted by Crippen LogP contribution is 2.27. The predicted octanol–water partition coefficient (Wildman–Crippen LogP) is 3.96. The van der Waals surface area contributed by atoms with E-state index in [0.29, 0.717) is 0 Å². The van der Waals surface area contributed by atoms with Gasteiger partial charge in [-0.3, -0.25) is 4.79 Å². The molecule has 3 heteroatoms. The number of thiol groups is 1. The van der Waals surface area contributed by atoms with E-state index in [4.69, 9.17) is 0 Å². The Morgan fingerprint density at radius 1 is 1.00 bits per heavy atom. The molecule has 0 fully saturated rings. The van der Waals surface area contributed by atoms with Crippen molar-refractivity contribution < 1.29 is 4.79 Å². The molecule has 3 rings (SSSR count). The lowest BCUT2D eigenvalue weighted by molar-refractivity contribution is 0.0987. The standard InChI is InChI=1S/C17H17NOS/c19-17(14-8-10-15(20)11-9-14)18-12-4-3-6-13-5-1-2-7-16(13)18/h1-2,5,7-11,20H,3-4,6,12H2. The molecule has 1 heterocycles. The van der Waals surface area contributed by atoms with E-state index in [1.807, 2.05) is 47.4 Å². The largest absolute Gasteiger partial charge is 0.308 e. The van der Waals surface area contributed by atoms with E-state index in [-0.39, 0.29) is 5.91 Å². The van der Waals surface area contributed by atoms with E-state index in [2.05, 4.69) is 18.7 Å². The topological polar surface area (TPSA) is 20.3 Å². The number of anilines is 1. The Balaban J connectivity index is 1.97. The van der Waals surface area contributed by atoms with Crippen LogP contribution in [0.2, 0.25) is 0 Å². The number of hydrogen-bond acceptors (Lipinski definition) is 2. The van der Waals surface area contributed by atoms with E-state index in [1.165, 1.54) is 5.56 Å². The first-order chi connectivity index (χ1) is 9.75. The molecule has 0 bridgehead atoms. The summed E-state index contributed by atoms with van der Waals surface area (Å²) in [6, 6.07) is 15.6. The van der Waals surface area contributed by atoms with Gasteiger partial charge in [-0.25, -0.2) is 0 Å². The summed E-state index contributed by atoms with van der Waals surface area (Å²) < 4.78 is 0. The molecule has 1 amide bonds. The van der Waals surface area contributed by atoms with Gasteiger partial charge in [0.2, 0.25) is 0 Å². The molecule has 0 radical (unpaired) electrons. The van der Waals surface area contributed by atoms with Gasteiger partial charge in [0.15, 0.2) is 0 Å². The summed E-state index contributed by atoms with van der Waals surface area (Å²) in [6.07, 6.45) is 3.23. The Kier molecular flexibility index (Phi) is 3.79. The highest BCUT2D eigenvalue weighted by atomic mass is 32.1. The van der Waals surface area contributed by atoms with Crippen LogP contribution in [0, 0.1) is 0 Å². The van der Waals surface area contributed by atoms with Crippen molar-refractivity contribution in [2.45, 2.75) is 24.2 Å². The first-order valence-corrected chi connectivity index (χ1v) is 7.39. The molecule has 0 aromatic heterocycles. The normalized spacial score (nSPS) is 14.6. The molecule has 1 aliphatic heterocycles. The first-order valence-electron chi connectivity index (χ1n) is 6.94. The lowest BCUT2D eigenvalue weighted by atomic mass is 10.1. The summed E-state index contributed by atoms with van der Waals surface area (Å²) in [6.45, 7) is 0.790. The minimum atomic E-state index is 0.0766. The molecule has 0 aliphatic carbocycles. The molecule has 2 aromatic carbocycles. The summed E-state index contributed by atoms with van der Waals surface area (Å²) in [5.41, 5.74) is 3.05.